The van der Waals surface area contributed by atoms with E-state index in [2.05, 4.69) is 26.7 Å². The summed E-state index contributed by atoms with van der Waals surface area (Å²) in [4.78, 5) is 47.6. The molecule has 0 bridgehead atoms. The third-order valence-corrected chi connectivity index (χ3v) is 6.48. The molecule has 1 fully saturated rings. The molecule has 1 saturated heterocycles. The number of para-hydroxylation sites is 1. The molecule has 0 spiro atoms. The van der Waals surface area contributed by atoms with Crippen LogP contribution in [0.5, 0.6) is 0 Å². The number of amides is 2. The van der Waals surface area contributed by atoms with Crippen LogP contribution in [-0.2, 0) is 11.3 Å². The average molecular weight is 519 g/mol. The summed E-state index contributed by atoms with van der Waals surface area (Å²) in [7, 11) is 0. The smallest absolute Gasteiger partial charge is 0.410 e. The number of pyridine rings is 2. The Morgan fingerprint density at radius 2 is 2.19 bits per heavy atom. The number of aromatic nitrogens is 2. The number of aldehydes is 1. The molecule has 1 aromatic carbocycles. The fourth-order valence-electron chi connectivity index (χ4n) is 3.99. The van der Waals surface area contributed by atoms with Gasteiger partial charge in [-0.2, -0.15) is 17.0 Å². The topological polar surface area (TPSA) is 137 Å². The zero-order valence-corrected chi connectivity index (χ0v) is 21.1. The van der Waals surface area contributed by atoms with Gasteiger partial charge in [-0.05, 0) is 31.2 Å². The van der Waals surface area contributed by atoms with E-state index in [4.69, 9.17) is 4.74 Å². The van der Waals surface area contributed by atoms with Crippen LogP contribution in [0.25, 0.3) is 10.9 Å². The van der Waals surface area contributed by atoms with Gasteiger partial charge in [0.2, 0.25) is 0 Å². The summed E-state index contributed by atoms with van der Waals surface area (Å²) in [5, 5.41) is 16.0. The number of nitriles is 1. The highest BCUT2D eigenvalue weighted by atomic mass is 32.2. The Hall–Kier alpha value is -4.17. The Kier molecular flexibility index (Phi) is 8.53. The maximum absolute atomic E-state index is 13.2. The normalized spacial score (nSPS) is 13.4. The molecule has 0 saturated carbocycles. The fourth-order valence-corrected chi connectivity index (χ4v) is 4.30. The van der Waals surface area contributed by atoms with Gasteiger partial charge in [-0.1, -0.05) is 12.1 Å². The van der Waals surface area contributed by atoms with E-state index < -0.39 is 12.0 Å². The van der Waals surface area contributed by atoms with Crippen LogP contribution >= 0.6 is 11.8 Å². The van der Waals surface area contributed by atoms with Crippen LogP contribution in [0.3, 0.4) is 0 Å². The third kappa shape index (κ3) is 6.16. The summed E-state index contributed by atoms with van der Waals surface area (Å²) in [6.07, 6.45) is 5.21. The van der Waals surface area contributed by atoms with E-state index in [-0.39, 0.29) is 23.6 Å². The van der Waals surface area contributed by atoms with Gasteiger partial charge in [0.05, 0.1) is 35.5 Å². The van der Waals surface area contributed by atoms with E-state index in [0.29, 0.717) is 53.7 Å². The number of ether oxygens (including phenoxy) is 1. The Morgan fingerprint density at radius 3 is 2.97 bits per heavy atom. The molecule has 11 heteroatoms. The maximum Gasteiger partial charge on any atom is 0.410 e. The van der Waals surface area contributed by atoms with E-state index in [0.717, 1.165) is 18.6 Å². The van der Waals surface area contributed by atoms with Crippen LogP contribution in [0.1, 0.15) is 44.8 Å². The second kappa shape index (κ2) is 12.2. The van der Waals surface area contributed by atoms with Gasteiger partial charge in [0.15, 0.2) is 6.29 Å². The summed E-state index contributed by atoms with van der Waals surface area (Å²) in [6, 6.07) is 10.6. The SMILES string of the molecule is CSCCNc1cc(NC(=O)c2cccc3cc(CN4CCCCOC4=O)c(C=O)nc23)ncc1C#N. The molecule has 0 radical (unpaired) electrons. The van der Waals surface area contributed by atoms with Crippen LogP contribution in [0.15, 0.2) is 36.5 Å². The van der Waals surface area contributed by atoms with Gasteiger partial charge in [0.1, 0.15) is 17.6 Å². The lowest BCUT2D eigenvalue weighted by molar-refractivity contribution is 0.102. The van der Waals surface area contributed by atoms with Crippen LogP contribution in [0.4, 0.5) is 16.3 Å². The van der Waals surface area contributed by atoms with Crippen LogP contribution in [0, 0.1) is 11.3 Å². The first kappa shape index (κ1) is 25.9. The number of rotatable bonds is 9. The summed E-state index contributed by atoms with van der Waals surface area (Å²) in [6.45, 7) is 1.76. The van der Waals surface area contributed by atoms with Crippen molar-refractivity contribution in [3.8, 4) is 6.07 Å². The average Bonchev–Trinajstić information content (AvgIpc) is 3.11. The van der Waals surface area contributed by atoms with E-state index in [1.807, 2.05) is 6.26 Å². The lowest BCUT2D eigenvalue weighted by atomic mass is 10.0. The monoisotopic (exact) mass is 518 g/mol. The Bertz CT molecular complexity index is 1370. The molecule has 190 valence electrons. The molecule has 2 amide bonds. The van der Waals surface area contributed by atoms with Crippen molar-refractivity contribution in [2.24, 2.45) is 0 Å². The van der Waals surface area contributed by atoms with Crippen molar-refractivity contribution in [1.82, 2.24) is 14.9 Å². The number of cyclic esters (lactones) is 1. The zero-order chi connectivity index (χ0) is 26.2. The molecule has 37 heavy (non-hydrogen) atoms. The molecule has 4 rings (SSSR count). The number of anilines is 2. The van der Waals surface area contributed by atoms with Crippen molar-refractivity contribution in [2.75, 3.05) is 42.3 Å². The number of benzene rings is 1. The van der Waals surface area contributed by atoms with Gasteiger partial charge in [-0.3, -0.25) is 9.59 Å². The van der Waals surface area contributed by atoms with Crippen LogP contribution in [-0.4, -0.2) is 64.9 Å². The minimum Gasteiger partial charge on any atom is -0.449 e. The molecule has 3 aromatic rings. The molecule has 1 aliphatic rings. The first-order valence-corrected chi connectivity index (χ1v) is 13.2. The summed E-state index contributed by atoms with van der Waals surface area (Å²) in [5.41, 5.74) is 2.32. The standard InChI is InChI=1S/C26H26N6O4S/c1-37-10-7-28-21-12-23(29-14-19(21)13-27)31-25(34)20-6-4-5-17-11-18(22(16-33)30-24(17)20)15-32-8-2-3-9-36-26(32)35/h4-6,11-12,14,16H,2-3,7-10,15H2,1H3,(H2,28,29,31,34). The second-order valence-corrected chi connectivity index (χ2v) is 9.36. The van der Waals surface area contributed by atoms with Crippen molar-refractivity contribution < 1.29 is 19.1 Å². The predicted molar refractivity (Wildman–Crippen MR) is 142 cm³/mol. The number of carbonyl (C=O) groups excluding carboxylic acids is 3. The molecule has 2 N–H and O–H groups in total. The molecule has 0 unspecified atom stereocenters. The van der Waals surface area contributed by atoms with E-state index >= 15 is 0 Å². The van der Waals surface area contributed by atoms with Crippen molar-refractivity contribution in [2.45, 2.75) is 19.4 Å². The molecule has 10 nitrogen and oxygen atoms in total. The van der Waals surface area contributed by atoms with E-state index in [1.165, 1.54) is 6.20 Å². The number of hydrogen-bond donors (Lipinski definition) is 2. The summed E-state index contributed by atoms with van der Waals surface area (Å²) < 4.78 is 5.20. The highest BCUT2D eigenvalue weighted by molar-refractivity contribution is 7.98. The Morgan fingerprint density at radius 1 is 1.32 bits per heavy atom. The summed E-state index contributed by atoms with van der Waals surface area (Å²) in [5.74, 6) is 0.682. The molecular weight excluding hydrogens is 492 g/mol. The number of nitrogens with one attached hydrogen (secondary N) is 2. The number of nitrogens with zero attached hydrogens (tertiary/aromatic N) is 4. The van der Waals surface area contributed by atoms with Crippen molar-refractivity contribution >= 4 is 52.5 Å². The second-order valence-electron chi connectivity index (χ2n) is 8.37. The number of hydrogen-bond acceptors (Lipinski definition) is 9. The van der Waals surface area contributed by atoms with Crippen molar-refractivity contribution in [3.05, 3.63) is 58.9 Å². The predicted octanol–water partition coefficient (Wildman–Crippen LogP) is 4.07. The lowest BCUT2D eigenvalue weighted by Gasteiger charge is -2.20. The third-order valence-electron chi connectivity index (χ3n) is 5.87. The minimum atomic E-state index is -0.453. The van der Waals surface area contributed by atoms with E-state index in [9.17, 15) is 19.6 Å². The molecule has 2 aromatic heterocycles. The molecular formula is C26H26N6O4S. The maximum atomic E-state index is 13.2. The first-order valence-electron chi connectivity index (χ1n) is 11.8. The van der Waals surface area contributed by atoms with Gasteiger partial charge < -0.3 is 20.3 Å². The molecule has 1 aliphatic heterocycles. The zero-order valence-electron chi connectivity index (χ0n) is 20.3. The largest absolute Gasteiger partial charge is 0.449 e. The minimum absolute atomic E-state index is 0.154. The van der Waals surface area contributed by atoms with Gasteiger partial charge in [-0.15, -0.1) is 0 Å². The first-order chi connectivity index (χ1) is 18.0. The van der Waals surface area contributed by atoms with Gasteiger partial charge in [-0.25, -0.2) is 14.8 Å². The number of carbonyl (C=O) groups is 3. The van der Waals surface area contributed by atoms with Crippen LogP contribution in [0.2, 0.25) is 0 Å². The lowest BCUT2D eigenvalue weighted by Crippen LogP contribution is -2.30. The molecule has 3 heterocycles. The Labute approximate surface area is 218 Å². The van der Waals surface area contributed by atoms with Gasteiger partial charge >= 0.3 is 6.09 Å². The van der Waals surface area contributed by atoms with Gasteiger partial charge in [0, 0.05) is 42.1 Å². The van der Waals surface area contributed by atoms with Crippen LogP contribution < -0.4 is 10.6 Å². The fraction of sp³-hybridized carbons (Fsp3) is 0.308. The van der Waals surface area contributed by atoms with Crippen molar-refractivity contribution in [3.63, 3.8) is 0 Å². The molecule has 0 atom stereocenters. The summed E-state index contributed by atoms with van der Waals surface area (Å²) >= 11 is 1.67. The number of fused-ring (bicyclic) bond motifs is 1. The van der Waals surface area contributed by atoms with E-state index in [1.54, 1.807) is 47.0 Å². The van der Waals surface area contributed by atoms with Crippen molar-refractivity contribution in [1.29, 1.82) is 5.26 Å². The quantitative estimate of drug-likeness (QED) is 0.317. The molecule has 0 aliphatic carbocycles. The van der Waals surface area contributed by atoms with Gasteiger partial charge in [0.25, 0.3) is 5.91 Å². The number of thioether (sulfide) groups is 1. The highest BCUT2D eigenvalue weighted by Crippen LogP contribution is 2.24. The Balaban J connectivity index is 1.61. The highest BCUT2D eigenvalue weighted by Gasteiger charge is 2.21.